The number of hydrogen-bond acceptors (Lipinski definition) is 4. The summed E-state index contributed by atoms with van der Waals surface area (Å²) in [5, 5.41) is 14.7. The van der Waals surface area contributed by atoms with Gasteiger partial charge in [0.05, 0.1) is 4.92 Å². The molecule has 114 valence electrons. The van der Waals surface area contributed by atoms with Crippen molar-refractivity contribution < 1.29 is 4.92 Å². The van der Waals surface area contributed by atoms with Crippen LogP contribution in [0.15, 0.2) is 18.2 Å². The zero-order valence-corrected chi connectivity index (χ0v) is 12.7. The van der Waals surface area contributed by atoms with Crippen molar-refractivity contribution in [3.05, 3.63) is 38.9 Å². The van der Waals surface area contributed by atoms with Crippen LogP contribution in [0.3, 0.4) is 0 Å². The highest BCUT2D eigenvalue weighted by molar-refractivity contribution is 6.32. The van der Waals surface area contributed by atoms with Crippen LogP contribution >= 0.6 is 11.6 Å². The standard InChI is InChI=1S/C15H20ClN3O2/c16-12-5-4-11(9-15(12)19(20)21)10-17-13-6-8-18-7-2-1-3-14(13)18/h4-5,9,13-14,17H,1-3,6-8,10H2. The molecule has 0 bridgehead atoms. The number of halogens is 1. The van der Waals surface area contributed by atoms with Crippen molar-refractivity contribution in [3.8, 4) is 0 Å². The fourth-order valence-corrected chi connectivity index (χ4v) is 3.73. The molecule has 1 aromatic rings. The van der Waals surface area contributed by atoms with Gasteiger partial charge in [-0.25, -0.2) is 0 Å². The third-order valence-corrected chi connectivity index (χ3v) is 4.95. The van der Waals surface area contributed by atoms with Crippen LogP contribution in [0.2, 0.25) is 5.02 Å². The van der Waals surface area contributed by atoms with Crippen LogP contribution in [-0.2, 0) is 6.54 Å². The quantitative estimate of drug-likeness (QED) is 0.686. The number of nitro groups is 1. The fourth-order valence-electron chi connectivity index (χ4n) is 3.54. The van der Waals surface area contributed by atoms with E-state index in [0.29, 0.717) is 18.6 Å². The van der Waals surface area contributed by atoms with Crippen LogP contribution in [0, 0.1) is 10.1 Å². The Morgan fingerprint density at radius 3 is 3.00 bits per heavy atom. The molecule has 1 aromatic carbocycles. The van der Waals surface area contributed by atoms with Gasteiger partial charge in [0.15, 0.2) is 0 Å². The third-order valence-electron chi connectivity index (χ3n) is 4.63. The third kappa shape index (κ3) is 3.20. The molecule has 5 nitrogen and oxygen atoms in total. The van der Waals surface area contributed by atoms with Gasteiger partial charge in [-0.1, -0.05) is 24.1 Å². The first-order valence-electron chi connectivity index (χ1n) is 7.55. The van der Waals surface area contributed by atoms with Gasteiger partial charge in [-0.3, -0.25) is 15.0 Å². The number of piperidine rings is 1. The molecular formula is C15H20ClN3O2. The summed E-state index contributed by atoms with van der Waals surface area (Å²) in [5.41, 5.74) is 0.905. The molecule has 2 saturated heterocycles. The molecule has 2 unspecified atom stereocenters. The van der Waals surface area contributed by atoms with Crippen molar-refractivity contribution in [2.45, 2.75) is 44.3 Å². The highest BCUT2D eigenvalue weighted by Gasteiger charge is 2.34. The highest BCUT2D eigenvalue weighted by Crippen LogP contribution is 2.28. The average molecular weight is 310 g/mol. The Hall–Kier alpha value is -1.17. The van der Waals surface area contributed by atoms with E-state index in [1.807, 2.05) is 6.07 Å². The van der Waals surface area contributed by atoms with Crippen molar-refractivity contribution in [2.75, 3.05) is 13.1 Å². The lowest BCUT2D eigenvalue weighted by Gasteiger charge is -2.32. The summed E-state index contributed by atoms with van der Waals surface area (Å²) in [5.74, 6) is 0. The maximum atomic E-state index is 10.9. The second kappa shape index (κ2) is 6.30. The predicted octanol–water partition coefficient (Wildman–Crippen LogP) is 2.96. The van der Waals surface area contributed by atoms with Crippen molar-refractivity contribution in [1.29, 1.82) is 0 Å². The number of nitro benzene ring substituents is 1. The fraction of sp³-hybridized carbons (Fsp3) is 0.600. The van der Waals surface area contributed by atoms with Gasteiger partial charge >= 0.3 is 0 Å². The predicted molar refractivity (Wildman–Crippen MR) is 82.6 cm³/mol. The molecule has 21 heavy (non-hydrogen) atoms. The first-order chi connectivity index (χ1) is 10.1. The molecule has 2 atom stereocenters. The van der Waals surface area contributed by atoms with E-state index in [9.17, 15) is 10.1 Å². The molecule has 0 amide bonds. The Kier molecular flexibility index (Phi) is 4.42. The van der Waals surface area contributed by atoms with Gasteiger partial charge in [0.25, 0.3) is 5.69 Å². The molecule has 2 fully saturated rings. The number of rotatable bonds is 4. The Morgan fingerprint density at radius 2 is 2.19 bits per heavy atom. The lowest BCUT2D eigenvalue weighted by Crippen LogP contribution is -2.44. The minimum Gasteiger partial charge on any atom is -0.308 e. The van der Waals surface area contributed by atoms with E-state index >= 15 is 0 Å². The number of benzene rings is 1. The van der Waals surface area contributed by atoms with E-state index in [4.69, 9.17) is 11.6 Å². The van der Waals surface area contributed by atoms with Crippen LogP contribution in [0.5, 0.6) is 0 Å². The molecule has 0 aliphatic carbocycles. The summed E-state index contributed by atoms with van der Waals surface area (Å²) < 4.78 is 0. The molecular weight excluding hydrogens is 290 g/mol. The normalized spacial score (nSPS) is 25.8. The van der Waals surface area contributed by atoms with E-state index in [-0.39, 0.29) is 10.7 Å². The lowest BCUT2D eigenvalue weighted by molar-refractivity contribution is -0.384. The molecule has 2 aliphatic rings. The molecule has 0 saturated carbocycles. The number of nitrogens with one attached hydrogen (secondary N) is 1. The summed E-state index contributed by atoms with van der Waals surface area (Å²) in [6.07, 6.45) is 5.05. The van der Waals surface area contributed by atoms with Crippen molar-refractivity contribution in [2.24, 2.45) is 0 Å². The Morgan fingerprint density at radius 1 is 1.33 bits per heavy atom. The molecule has 6 heteroatoms. The van der Waals surface area contributed by atoms with Crippen LogP contribution < -0.4 is 5.32 Å². The van der Waals surface area contributed by atoms with Crippen LogP contribution in [0.4, 0.5) is 5.69 Å². The Labute approximate surface area is 129 Å². The first-order valence-corrected chi connectivity index (χ1v) is 7.93. The minimum atomic E-state index is -0.426. The Balaban J connectivity index is 1.62. The molecule has 3 rings (SSSR count). The maximum Gasteiger partial charge on any atom is 0.288 e. The second-order valence-corrected chi connectivity index (χ2v) is 6.33. The minimum absolute atomic E-state index is 0.0123. The zero-order chi connectivity index (χ0) is 14.8. The monoisotopic (exact) mass is 309 g/mol. The summed E-state index contributed by atoms with van der Waals surface area (Å²) in [4.78, 5) is 13.1. The van der Waals surface area contributed by atoms with E-state index in [1.165, 1.54) is 38.8 Å². The van der Waals surface area contributed by atoms with Gasteiger partial charge in [-0.15, -0.1) is 0 Å². The number of fused-ring (bicyclic) bond motifs is 1. The molecule has 2 heterocycles. The first kappa shape index (κ1) is 14.8. The van der Waals surface area contributed by atoms with Crippen LogP contribution in [0.1, 0.15) is 31.2 Å². The number of hydrogen-bond donors (Lipinski definition) is 1. The van der Waals surface area contributed by atoms with Crippen molar-refractivity contribution >= 4 is 17.3 Å². The van der Waals surface area contributed by atoms with Crippen LogP contribution in [0.25, 0.3) is 0 Å². The summed E-state index contributed by atoms with van der Waals surface area (Å²) in [6.45, 7) is 3.05. The number of nitrogens with zero attached hydrogens (tertiary/aromatic N) is 2. The second-order valence-electron chi connectivity index (χ2n) is 5.92. The summed E-state index contributed by atoms with van der Waals surface area (Å²) in [6, 6.07) is 6.18. The van der Waals surface area contributed by atoms with Crippen molar-refractivity contribution in [3.63, 3.8) is 0 Å². The maximum absolute atomic E-state index is 10.9. The lowest BCUT2D eigenvalue weighted by atomic mass is 9.99. The Bertz CT molecular complexity index is 538. The average Bonchev–Trinajstić information content (AvgIpc) is 2.89. The SMILES string of the molecule is O=[N+]([O-])c1cc(CNC2CCN3CCCCC23)ccc1Cl. The molecule has 0 radical (unpaired) electrons. The van der Waals surface area contributed by atoms with Gasteiger partial charge in [0.2, 0.25) is 0 Å². The molecule has 0 spiro atoms. The summed E-state index contributed by atoms with van der Waals surface area (Å²) >= 11 is 5.84. The highest BCUT2D eigenvalue weighted by atomic mass is 35.5. The van der Waals surface area contributed by atoms with E-state index in [2.05, 4.69) is 10.2 Å². The molecule has 2 aliphatic heterocycles. The van der Waals surface area contributed by atoms with Crippen molar-refractivity contribution in [1.82, 2.24) is 10.2 Å². The largest absolute Gasteiger partial charge is 0.308 e. The van der Waals surface area contributed by atoms with Gasteiger partial charge in [-0.05, 0) is 37.4 Å². The van der Waals surface area contributed by atoms with E-state index in [1.54, 1.807) is 12.1 Å². The van der Waals surface area contributed by atoms with E-state index in [0.717, 1.165) is 5.56 Å². The van der Waals surface area contributed by atoms with Gasteiger partial charge in [-0.2, -0.15) is 0 Å². The topological polar surface area (TPSA) is 58.4 Å². The van der Waals surface area contributed by atoms with Crippen LogP contribution in [-0.4, -0.2) is 35.0 Å². The van der Waals surface area contributed by atoms with Gasteiger partial charge in [0.1, 0.15) is 5.02 Å². The zero-order valence-electron chi connectivity index (χ0n) is 11.9. The van der Waals surface area contributed by atoms with E-state index < -0.39 is 4.92 Å². The smallest absolute Gasteiger partial charge is 0.288 e. The molecule has 0 aromatic heterocycles. The van der Waals surface area contributed by atoms with Gasteiger partial charge in [0, 0.05) is 31.2 Å². The summed E-state index contributed by atoms with van der Waals surface area (Å²) in [7, 11) is 0. The molecule has 1 N–H and O–H groups in total. The van der Waals surface area contributed by atoms with Gasteiger partial charge < -0.3 is 5.32 Å².